The van der Waals surface area contributed by atoms with Crippen LogP contribution in [0.2, 0.25) is 0 Å². The molecule has 0 heterocycles. The normalized spacial score (nSPS) is 11.6. The molecule has 0 unspecified atom stereocenters. The summed E-state index contributed by atoms with van der Waals surface area (Å²) in [6.07, 6.45) is 0. The average molecular weight is 416 g/mol. The molecule has 0 bridgehead atoms. The summed E-state index contributed by atoms with van der Waals surface area (Å²) < 4.78 is 66.4. The number of amides is 1. The molecule has 0 fully saturated rings. The maximum atomic E-state index is 13.4. The van der Waals surface area contributed by atoms with Gasteiger partial charge in [-0.05, 0) is 43.4 Å². The van der Waals surface area contributed by atoms with Crippen molar-refractivity contribution in [1.82, 2.24) is 4.90 Å². The fourth-order valence-electron chi connectivity index (χ4n) is 2.23. The highest BCUT2D eigenvalue weighted by Crippen LogP contribution is 2.20. The number of benzene rings is 2. The van der Waals surface area contributed by atoms with E-state index in [0.717, 1.165) is 12.1 Å². The van der Waals surface area contributed by atoms with Crippen LogP contribution in [0, 0.1) is 5.82 Å². The number of hydrogen-bond donors (Lipinski definition) is 1. The zero-order valence-electron chi connectivity index (χ0n) is 14.9. The number of sulfone groups is 1. The molecule has 0 aromatic heterocycles. The van der Waals surface area contributed by atoms with E-state index in [1.807, 2.05) is 0 Å². The number of carbonyl (C=O) groups is 1. The third-order valence-corrected chi connectivity index (χ3v) is 5.08. The molecule has 1 N–H and O–H groups in total. The zero-order valence-corrected chi connectivity index (χ0v) is 15.8. The summed E-state index contributed by atoms with van der Waals surface area (Å²) >= 11 is 0. The zero-order chi connectivity index (χ0) is 20.7. The molecule has 6 nitrogen and oxygen atoms in total. The van der Waals surface area contributed by atoms with Crippen LogP contribution in [0.4, 0.5) is 18.9 Å². The Labute approximate surface area is 160 Å². The highest BCUT2D eigenvalue weighted by molar-refractivity contribution is 7.91. The van der Waals surface area contributed by atoms with Crippen LogP contribution >= 0.6 is 0 Å². The van der Waals surface area contributed by atoms with Crippen molar-refractivity contribution < 1.29 is 31.1 Å². The van der Waals surface area contributed by atoms with Crippen LogP contribution in [0.25, 0.3) is 0 Å². The molecule has 152 valence electrons. The summed E-state index contributed by atoms with van der Waals surface area (Å²) in [4.78, 5) is 13.1. The molecule has 2 aromatic carbocycles. The van der Waals surface area contributed by atoms with Crippen molar-refractivity contribution in [2.45, 2.75) is 10.7 Å². The first-order valence-corrected chi connectivity index (χ1v) is 9.72. The Kier molecular flexibility index (Phi) is 7.41. The van der Waals surface area contributed by atoms with E-state index in [0.29, 0.717) is 6.54 Å². The van der Waals surface area contributed by atoms with E-state index >= 15 is 0 Å². The molecule has 0 spiro atoms. The number of anilines is 1. The number of carbonyl (C=O) groups excluding carboxylic acids is 1. The molecule has 2 rings (SSSR count). The summed E-state index contributed by atoms with van der Waals surface area (Å²) in [6.45, 7) is 0.524. The van der Waals surface area contributed by atoms with Gasteiger partial charge in [-0.3, -0.25) is 9.69 Å². The van der Waals surface area contributed by atoms with E-state index in [9.17, 15) is 26.4 Å². The van der Waals surface area contributed by atoms with Crippen molar-refractivity contribution in [2.24, 2.45) is 0 Å². The van der Waals surface area contributed by atoms with E-state index in [1.54, 1.807) is 24.1 Å². The summed E-state index contributed by atoms with van der Waals surface area (Å²) in [5.74, 6) is -4.24. The van der Waals surface area contributed by atoms with Crippen LogP contribution in [0.3, 0.4) is 0 Å². The van der Waals surface area contributed by atoms with Gasteiger partial charge in [-0.25, -0.2) is 12.8 Å². The van der Waals surface area contributed by atoms with Gasteiger partial charge in [0, 0.05) is 12.2 Å². The first kappa shape index (κ1) is 21.7. The molecule has 0 aliphatic carbocycles. The van der Waals surface area contributed by atoms with Crippen LogP contribution in [0.1, 0.15) is 0 Å². The van der Waals surface area contributed by atoms with E-state index in [2.05, 4.69) is 5.32 Å². The molecule has 1 amide bonds. The quantitative estimate of drug-likeness (QED) is 0.680. The fraction of sp³-hybridized carbons (Fsp3) is 0.278. The van der Waals surface area contributed by atoms with E-state index in [4.69, 9.17) is 4.74 Å². The van der Waals surface area contributed by atoms with Gasteiger partial charge >= 0.3 is 5.76 Å². The Morgan fingerprint density at radius 2 is 1.79 bits per heavy atom. The molecule has 2 aromatic rings. The number of rotatable bonds is 9. The highest BCUT2D eigenvalue weighted by Gasteiger charge is 2.26. The van der Waals surface area contributed by atoms with Crippen molar-refractivity contribution in [1.29, 1.82) is 0 Å². The largest absolute Gasteiger partial charge is 0.489 e. The van der Waals surface area contributed by atoms with Crippen LogP contribution in [-0.4, -0.2) is 51.7 Å². The number of halogens is 3. The molecule has 10 heteroatoms. The van der Waals surface area contributed by atoms with Gasteiger partial charge in [0.2, 0.25) is 15.7 Å². The van der Waals surface area contributed by atoms with Crippen LogP contribution < -0.4 is 10.1 Å². The lowest BCUT2D eigenvalue weighted by Gasteiger charge is -2.17. The fourth-order valence-corrected chi connectivity index (χ4v) is 2.95. The second-order valence-electron chi connectivity index (χ2n) is 5.89. The lowest BCUT2D eigenvalue weighted by Crippen LogP contribution is -2.33. The Bertz CT molecular complexity index is 905. The third kappa shape index (κ3) is 5.96. The Balaban J connectivity index is 1.80. The number of ether oxygens (including phenoxy) is 1. The summed E-state index contributed by atoms with van der Waals surface area (Å²) in [6, 6.07) is 10.4. The molecular weight excluding hydrogens is 397 g/mol. The number of alkyl halides is 2. The monoisotopic (exact) mass is 416 g/mol. The van der Waals surface area contributed by atoms with Gasteiger partial charge in [-0.15, -0.1) is 0 Å². The first-order chi connectivity index (χ1) is 13.2. The van der Waals surface area contributed by atoms with Crippen molar-refractivity contribution in [2.75, 3.05) is 32.1 Å². The van der Waals surface area contributed by atoms with Gasteiger partial charge in [0.1, 0.15) is 6.61 Å². The molecule has 0 saturated carbocycles. The molecule has 0 saturated heterocycles. The van der Waals surface area contributed by atoms with Crippen molar-refractivity contribution in [3.63, 3.8) is 0 Å². The lowest BCUT2D eigenvalue weighted by atomic mass is 10.3. The van der Waals surface area contributed by atoms with Crippen LogP contribution in [0.15, 0.2) is 53.4 Å². The van der Waals surface area contributed by atoms with Crippen molar-refractivity contribution in [3.05, 3.63) is 54.3 Å². The van der Waals surface area contributed by atoms with Gasteiger partial charge in [-0.2, -0.15) is 8.78 Å². The smallest absolute Gasteiger partial charge is 0.341 e. The van der Waals surface area contributed by atoms with Gasteiger partial charge in [0.25, 0.3) is 0 Å². The van der Waals surface area contributed by atoms with E-state index in [-0.39, 0.29) is 24.6 Å². The number of likely N-dealkylation sites (N-methyl/N-ethyl adjacent to an activating group) is 1. The molecule has 0 aliphatic rings. The van der Waals surface area contributed by atoms with Gasteiger partial charge < -0.3 is 10.1 Å². The second kappa shape index (κ2) is 9.56. The standard InChI is InChI=1S/C18H19F3N2O4S/c1-23(10-11-27-16-5-3-2-4-15(16)19)12-17(24)22-13-6-8-14(9-7-13)28(25,26)18(20)21/h2-9,18H,10-12H2,1H3,(H,22,24). The molecule has 0 atom stereocenters. The Hall–Kier alpha value is -2.59. The topological polar surface area (TPSA) is 75.7 Å². The molecule has 28 heavy (non-hydrogen) atoms. The summed E-state index contributed by atoms with van der Waals surface area (Å²) in [5.41, 5.74) is 0.272. The third-order valence-electron chi connectivity index (χ3n) is 3.68. The van der Waals surface area contributed by atoms with Crippen molar-refractivity contribution >= 4 is 21.4 Å². The number of nitrogens with zero attached hydrogens (tertiary/aromatic N) is 1. The lowest BCUT2D eigenvalue weighted by molar-refractivity contribution is -0.117. The molecular formula is C18H19F3N2O4S. The summed E-state index contributed by atoms with van der Waals surface area (Å²) in [7, 11) is -3.00. The average Bonchev–Trinajstić information content (AvgIpc) is 2.63. The minimum atomic E-state index is -4.67. The maximum absolute atomic E-state index is 13.4. The van der Waals surface area contributed by atoms with Crippen LogP contribution in [0.5, 0.6) is 5.75 Å². The first-order valence-electron chi connectivity index (χ1n) is 8.18. The number of nitrogens with one attached hydrogen (secondary N) is 1. The second-order valence-corrected chi connectivity index (χ2v) is 7.81. The van der Waals surface area contributed by atoms with Crippen molar-refractivity contribution in [3.8, 4) is 5.75 Å². The SMILES string of the molecule is CN(CCOc1ccccc1F)CC(=O)Nc1ccc(S(=O)(=O)C(F)F)cc1. The Morgan fingerprint density at radius 1 is 1.14 bits per heavy atom. The van der Waals surface area contributed by atoms with Gasteiger partial charge in [-0.1, -0.05) is 12.1 Å². The van der Waals surface area contributed by atoms with Gasteiger partial charge in [0.15, 0.2) is 11.6 Å². The minimum absolute atomic E-state index is 0.00227. The predicted octanol–water partition coefficient (Wildman–Crippen LogP) is 2.77. The maximum Gasteiger partial charge on any atom is 0.341 e. The van der Waals surface area contributed by atoms with Gasteiger partial charge in [0.05, 0.1) is 11.4 Å². The number of para-hydroxylation sites is 1. The predicted molar refractivity (Wildman–Crippen MR) is 97.7 cm³/mol. The van der Waals surface area contributed by atoms with E-state index < -0.39 is 32.2 Å². The van der Waals surface area contributed by atoms with E-state index in [1.165, 1.54) is 24.3 Å². The highest BCUT2D eigenvalue weighted by atomic mass is 32.2. The summed E-state index contributed by atoms with van der Waals surface area (Å²) in [5, 5.41) is 2.53. The number of hydrogen-bond acceptors (Lipinski definition) is 5. The Morgan fingerprint density at radius 3 is 2.39 bits per heavy atom. The minimum Gasteiger partial charge on any atom is -0.489 e. The molecule has 0 radical (unpaired) electrons. The van der Waals surface area contributed by atoms with Crippen LogP contribution in [-0.2, 0) is 14.6 Å². The molecule has 0 aliphatic heterocycles.